The van der Waals surface area contributed by atoms with Gasteiger partial charge in [0.05, 0.1) is 12.6 Å². The first-order chi connectivity index (χ1) is 10.1. The second-order valence-corrected chi connectivity index (χ2v) is 6.55. The number of benzene rings is 1. The van der Waals surface area contributed by atoms with Gasteiger partial charge < -0.3 is 9.67 Å². The number of imidazole rings is 1. The molecule has 0 spiro atoms. The predicted molar refractivity (Wildman–Crippen MR) is 82.7 cm³/mol. The average Bonchev–Trinajstić information content (AvgIpc) is 2.94. The van der Waals surface area contributed by atoms with Crippen LogP contribution in [-0.4, -0.2) is 32.6 Å². The summed E-state index contributed by atoms with van der Waals surface area (Å²) in [4.78, 5) is 6.78. The van der Waals surface area contributed by atoms with Crippen molar-refractivity contribution in [3.05, 3.63) is 54.1 Å². The van der Waals surface area contributed by atoms with Crippen LogP contribution in [0.15, 0.2) is 42.7 Å². The zero-order valence-corrected chi connectivity index (χ0v) is 12.7. The Balaban J connectivity index is 1.69. The minimum absolute atomic E-state index is 0.198. The highest BCUT2D eigenvalue weighted by Gasteiger charge is 2.32. The quantitative estimate of drug-likeness (QED) is 0.938. The normalized spacial score (nSPS) is 17.5. The van der Waals surface area contributed by atoms with Crippen LogP contribution in [0.4, 0.5) is 0 Å². The molecule has 0 saturated heterocycles. The molecule has 2 aromatic rings. The molecule has 0 bridgehead atoms. The number of hydrogen-bond acceptors (Lipinski definition) is 3. The number of fused-ring (bicyclic) bond motifs is 1. The topological polar surface area (TPSA) is 41.3 Å². The lowest BCUT2D eigenvalue weighted by Gasteiger charge is -2.38. The van der Waals surface area contributed by atoms with Crippen LogP contribution in [0, 0.1) is 5.41 Å². The Kier molecular flexibility index (Phi) is 3.83. The van der Waals surface area contributed by atoms with Gasteiger partial charge in [-0.05, 0) is 5.56 Å². The Morgan fingerprint density at radius 1 is 1.24 bits per heavy atom. The molecule has 21 heavy (non-hydrogen) atoms. The van der Waals surface area contributed by atoms with E-state index in [0.717, 1.165) is 37.6 Å². The van der Waals surface area contributed by atoms with Gasteiger partial charge in [-0.3, -0.25) is 4.90 Å². The Hall–Kier alpha value is -1.65. The van der Waals surface area contributed by atoms with Crippen LogP contribution in [0.25, 0.3) is 0 Å². The fourth-order valence-corrected chi connectivity index (χ4v) is 3.11. The molecule has 1 aliphatic heterocycles. The lowest BCUT2D eigenvalue weighted by molar-refractivity contribution is 0.0134. The van der Waals surface area contributed by atoms with E-state index in [-0.39, 0.29) is 5.41 Å². The molecule has 4 nitrogen and oxygen atoms in total. The smallest absolute Gasteiger partial charge is 0.122 e. The molecule has 1 aromatic carbocycles. The van der Waals surface area contributed by atoms with E-state index < -0.39 is 6.10 Å². The molecule has 1 aromatic heterocycles. The molecule has 1 unspecified atom stereocenters. The maximum Gasteiger partial charge on any atom is 0.122 e. The van der Waals surface area contributed by atoms with Crippen LogP contribution in [0.5, 0.6) is 0 Å². The van der Waals surface area contributed by atoms with Gasteiger partial charge in [-0.2, -0.15) is 0 Å². The summed E-state index contributed by atoms with van der Waals surface area (Å²) in [6.07, 6.45) is 3.44. The molecule has 0 aliphatic carbocycles. The van der Waals surface area contributed by atoms with Crippen molar-refractivity contribution in [2.75, 3.05) is 13.1 Å². The fourth-order valence-electron chi connectivity index (χ4n) is 3.11. The first-order valence-corrected chi connectivity index (χ1v) is 7.52. The highest BCUT2D eigenvalue weighted by molar-refractivity contribution is 5.19. The van der Waals surface area contributed by atoms with Crippen molar-refractivity contribution in [1.82, 2.24) is 14.5 Å². The molecule has 0 fully saturated rings. The van der Waals surface area contributed by atoms with Gasteiger partial charge in [0.15, 0.2) is 0 Å². The summed E-state index contributed by atoms with van der Waals surface area (Å²) >= 11 is 0. The minimum atomic E-state index is -0.458. The molecular formula is C17H23N3O. The van der Waals surface area contributed by atoms with Gasteiger partial charge in [-0.15, -0.1) is 0 Å². The third-order valence-corrected chi connectivity index (χ3v) is 4.31. The predicted octanol–water partition coefficient (Wildman–Crippen LogP) is 2.46. The summed E-state index contributed by atoms with van der Waals surface area (Å²) < 4.78 is 2.21. The van der Waals surface area contributed by atoms with Crippen molar-refractivity contribution in [2.45, 2.75) is 33.0 Å². The highest BCUT2D eigenvalue weighted by atomic mass is 16.3. The lowest BCUT2D eigenvalue weighted by atomic mass is 9.82. The Morgan fingerprint density at radius 3 is 2.76 bits per heavy atom. The van der Waals surface area contributed by atoms with Crippen molar-refractivity contribution < 1.29 is 5.11 Å². The van der Waals surface area contributed by atoms with Crippen molar-refractivity contribution in [3.8, 4) is 0 Å². The fraction of sp³-hybridized carbons (Fsp3) is 0.471. The molecule has 112 valence electrons. The van der Waals surface area contributed by atoms with E-state index >= 15 is 0 Å². The van der Waals surface area contributed by atoms with Gasteiger partial charge in [0.1, 0.15) is 5.82 Å². The highest BCUT2D eigenvalue weighted by Crippen LogP contribution is 2.34. The third-order valence-electron chi connectivity index (χ3n) is 4.31. The Labute approximate surface area is 126 Å². The number of aliphatic hydroxyl groups excluding tert-OH is 1. The van der Waals surface area contributed by atoms with E-state index in [2.05, 4.69) is 28.3 Å². The number of rotatable bonds is 4. The Morgan fingerprint density at radius 2 is 2.00 bits per heavy atom. The second-order valence-electron chi connectivity index (χ2n) is 6.55. The molecule has 0 radical (unpaired) electrons. The van der Waals surface area contributed by atoms with Gasteiger partial charge in [0.25, 0.3) is 0 Å². The van der Waals surface area contributed by atoms with Gasteiger partial charge in [-0.25, -0.2) is 4.98 Å². The van der Waals surface area contributed by atoms with E-state index in [1.807, 2.05) is 42.7 Å². The standard InChI is InChI=1S/C17H23N3O/c1-17(2,16(21)14-6-4-3-5-7-14)13-19-10-11-20-9-8-18-15(20)12-19/h3-9,16,21H,10-13H2,1-2H3. The SMILES string of the molecule is CC(C)(CN1CCn2ccnc2C1)C(O)c1ccccc1. The molecule has 0 amide bonds. The molecular weight excluding hydrogens is 262 g/mol. The average molecular weight is 285 g/mol. The van der Waals surface area contributed by atoms with Crippen LogP contribution in [0.2, 0.25) is 0 Å². The first kappa shape index (κ1) is 14.3. The first-order valence-electron chi connectivity index (χ1n) is 7.52. The van der Waals surface area contributed by atoms with Crippen LogP contribution in [-0.2, 0) is 13.1 Å². The maximum absolute atomic E-state index is 10.7. The van der Waals surface area contributed by atoms with E-state index in [9.17, 15) is 5.11 Å². The number of aromatic nitrogens is 2. The second kappa shape index (κ2) is 5.62. The van der Waals surface area contributed by atoms with Crippen LogP contribution >= 0.6 is 0 Å². The van der Waals surface area contributed by atoms with Gasteiger partial charge in [0, 0.05) is 37.4 Å². The molecule has 4 heteroatoms. The van der Waals surface area contributed by atoms with E-state index in [4.69, 9.17) is 0 Å². The molecule has 1 aliphatic rings. The third kappa shape index (κ3) is 3.01. The number of hydrogen-bond donors (Lipinski definition) is 1. The summed E-state index contributed by atoms with van der Waals surface area (Å²) in [6.45, 7) is 7.96. The van der Waals surface area contributed by atoms with Gasteiger partial charge in [0.2, 0.25) is 0 Å². The summed E-state index contributed by atoms with van der Waals surface area (Å²) in [5, 5.41) is 10.7. The summed E-state index contributed by atoms with van der Waals surface area (Å²) in [7, 11) is 0. The van der Waals surface area contributed by atoms with E-state index in [0.29, 0.717) is 0 Å². The minimum Gasteiger partial charge on any atom is -0.388 e. The number of nitrogens with zero attached hydrogens (tertiary/aromatic N) is 3. The molecule has 0 saturated carbocycles. The van der Waals surface area contributed by atoms with Crippen LogP contribution in [0.3, 0.4) is 0 Å². The van der Waals surface area contributed by atoms with Crippen molar-refractivity contribution >= 4 is 0 Å². The summed E-state index contributed by atoms with van der Waals surface area (Å²) in [6, 6.07) is 9.93. The van der Waals surface area contributed by atoms with E-state index in [1.165, 1.54) is 0 Å². The van der Waals surface area contributed by atoms with E-state index in [1.54, 1.807) is 0 Å². The maximum atomic E-state index is 10.7. The molecule has 1 atom stereocenters. The molecule has 2 heterocycles. The lowest BCUT2D eigenvalue weighted by Crippen LogP contribution is -2.42. The van der Waals surface area contributed by atoms with Crippen molar-refractivity contribution in [2.24, 2.45) is 5.41 Å². The monoisotopic (exact) mass is 285 g/mol. The number of aliphatic hydroxyl groups is 1. The van der Waals surface area contributed by atoms with Gasteiger partial charge in [-0.1, -0.05) is 44.2 Å². The van der Waals surface area contributed by atoms with Crippen molar-refractivity contribution in [3.63, 3.8) is 0 Å². The molecule has 3 rings (SSSR count). The Bertz CT molecular complexity index is 591. The molecule has 1 N–H and O–H groups in total. The zero-order chi connectivity index (χ0) is 14.9. The summed E-state index contributed by atoms with van der Waals surface area (Å²) in [5.74, 6) is 1.12. The van der Waals surface area contributed by atoms with Gasteiger partial charge >= 0.3 is 0 Å². The van der Waals surface area contributed by atoms with Crippen molar-refractivity contribution in [1.29, 1.82) is 0 Å². The summed E-state index contributed by atoms with van der Waals surface area (Å²) in [5.41, 5.74) is 0.789. The zero-order valence-electron chi connectivity index (χ0n) is 12.7. The van der Waals surface area contributed by atoms with Crippen LogP contribution < -0.4 is 0 Å². The largest absolute Gasteiger partial charge is 0.388 e. The van der Waals surface area contributed by atoms with Crippen LogP contribution in [0.1, 0.15) is 31.3 Å².